The van der Waals surface area contributed by atoms with E-state index in [0.29, 0.717) is 24.8 Å². The molecule has 4 N–H and O–H groups in total. The summed E-state index contributed by atoms with van der Waals surface area (Å²) in [5, 5.41) is 5.19. The fourth-order valence-corrected chi connectivity index (χ4v) is 1.94. The first-order valence-electron chi connectivity index (χ1n) is 6.63. The first-order valence-corrected chi connectivity index (χ1v) is 6.63. The number of carbonyl (C=O) groups excluding carboxylic acids is 2. The molecular formula is C13H27N3O2. The van der Waals surface area contributed by atoms with Crippen molar-refractivity contribution in [1.29, 1.82) is 0 Å². The van der Waals surface area contributed by atoms with Gasteiger partial charge in [0.25, 0.3) is 0 Å². The van der Waals surface area contributed by atoms with Crippen molar-refractivity contribution in [3.63, 3.8) is 0 Å². The van der Waals surface area contributed by atoms with Crippen LogP contribution in [0.25, 0.3) is 0 Å². The van der Waals surface area contributed by atoms with Gasteiger partial charge in [0.1, 0.15) is 6.04 Å². The largest absolute Gasteiger partial charge is 0.357 e. The van der Waals surface area contributed by atoms with Gasteiger partial charge >= 0.3 is 0 Å². The lowest BCUT2D eigenvalue weighted by Gasteiger charge is -2.20. The Kier molecular flexibility index (Phi) is 8.37. The predicted molar refractivity (Wildman–Crippen MR) is 72.9 cm³/mol. The van der Waals surface area contributed by atoms with Gasteiger partial charge in [-0.1, -0.05) is 13.8 Å². The first kappa shape index (κ1) is 16.9. The zero-order chi connectivity index (χ0) is 14.1. The van der Waals surface area contributed by atoms with E-state index < -0.39 is 6.04 Å². The van der Waals surface area contributed by atoms with Crippen molar-refractivity contribution < 1.29 is 9.59 Å². The molecule has 0 saturated heterocycles. The van der Waals surface area contributed by atoms with Crippen LogP contribution in [0.3, 0.4) is 0 Å². The predicted octanol–water partition coefficient (Wildman–Crippen LogP) is 0.638. The highest BCUT2D eigenvalue weighted by Gasteiger charge is 2.17. The summed E-state index contributed by atoms with van der Waals surface area (Å²) in [6.07, 6.45) is 2.21. The van der Waals surface area contributed by atoms with E-state index in [0.717, 1.165) is 12.8 Å². The molecule has 0 aliphatic rings. The maximum atomic E-state index is 11.7. The van der Waals surface area contributed by atoms with Crippen LogP contribution < -0.4 is 16.4 Å². The molecular weight excluding hydrogens is 230 g/mol. The van der Waals surface area contributed by atoms with Gasteiger partial charge in [-0.05, 0) is 38.1 Å². The van der Waals surface area contributed by atoms with Crippen LogP contribution in [0, 0.1) is 11.8 Å². The Bertz CT molecular complexity index is 267. The molecule has 0 radical (unpaired) electrons. The van der Waals surface area contributed by atoms with Crippen LogP contribution in [-0.2, 0) is 9.59 Å². The SMILES string of the molecule is CNC(=O)C(C)NC(=O)CCC(CCN)C(C)C. The first-order chi connectivity index (χ1) is 8.42. The summed E-state index contributed by atoms with van der Waals surface area (Å²) in [7, 11) is 1.56. The second-order valence-electron chi connectivity index (χ2n) is 5.02. The van der Waals surface area contributed by atoms with Crippen LogP contribution in [0.15, 0.2) is 0 Å². The van der Waals surface area contributed by atoms with Gasteiger partial charge in [-0.3, -0.25) is 9.59 Å². The van der Waals surface area contributed by atoms with Crippen LogP contribution in [0.1, 0.15) is 40.0 Å². The number of nitrogens with one attached hydrogen (secondary N) is 2. The molecule has 0 aromatic carbocycles. The maximum Gasteiger partial charge on any atom is 0.242 e. The second kappa shape index (κ2) is 8.91. The van der Waals surface area contributed by atoms with Gasteiger partial charge in [0.2, 0.25) is 11.8 Å². The second-order valence-corrected chi connectivity index (χ2v) is 5.02. The molecule has 0 aromatic rings. The van der Waals surface area contributed by atoms with Gasteiger partial charge in [-0.25, -0.2) is 0 Å². The van der Waals surface area contributed by atoms with Crippen molar-refractivity contribution in [3.8, 4) is 0 Å². The highest BCUT2D eigenvalue weighted by molar-refractivity contribution is 5.86. The molecule has 0 spiro atoms. The molecule has 0 aliphatic carbocycles. The molecule has 5 nitrogen and oxygen atoms in total. The molecule has 18 heavy (non-hydrogen) atoms. The summed E-state index contributed by atoms with van der Waals surface area (Å²) < 4.78 is 0. The Morgan fingerprint density at radius 2 is 1.78 bits per heavy atom. The number of rotatable bonds is 8. The van der Waals surface area contributed by atoms with E-state index in [9.17, 15) is 9.59 Å². The van der Waals surface area contributed by atoms with E-state index in [4.69, 9.17) is 5.73 Å². The number of amides is 2. The Morgan fingerprint density at radius 3 is 2.22 bits per heavy atom. The molecule has 2 amide bonds. The van der Waals surface area contributed by atoms with Crippen molar-refractivity contribution in [2.45, 2.75) is 46.1 Å². The summed E-state index contributed by atoms with van der Waals surface area (Å²) in [5.74, 6) is 0.744. The van der Waals surface area contributed by atoms with Crippen molar-refractivity contribution in [3.05, 3.63) is 0 Å². The minimum Gasteiger partial charge on any atom is -0.357 e. The van der Waals surface area contributed by atoms with Gasteiger partial charge in [0.05, 0.1) is 0 Å². The molecule has 106 valence electrons. The van der Waals surface area contributed by atoms with Crippen molar-refractivity contribution >= 4 is 11.8 Å². The third-order valence-corrected chi connectivity index (χ3v) is 3.24. The monoisotopic (exact) mass is 257 g/mol. The molecule has 0 rings (SSSR count). The van der Waals surface area contributed by atoms with Crippen molar-refractivity contribution in [2.24, 2.45) is 17.6 Å². The topological polar surface area (TPSA) is 84.2 Å². The minimum absolute atomic E-state index is 0.0752. The van der Waals surface area contributed by atoms with E-state index in [2.05, 4.69) is 24.5 Å². The highest BCUT2D eigenvalue weighted by atomic mass is 16.2. The van der Waals surface area contributed by atoms with Gasteiger partial charge in [-0.2, -0.15) is 0 Å². The summed E-state index contributed by atoms with van der Waals surface area (Å²) in [6.45, 7) is 6.62. The molecule has 2 atom stereocenters. The minimum atomic E-state index is -0.477. The summed E-state index contributed by atoms with van der Waals surface area (Å²) in [4.78, 5) is 22.9. The standard InChI is InChI=1S/C13H27N3O2/c1-9(2)11(7-8-14)5-6-12(17)16-10(3)13(18)15-4/h9-11H,5-8,14H2,1-4H3,(H,15,18)(H,16,17). The average Bonchev–Trinajstić information content (AvgIpc) is 2.32. The van der Waals surface area contributed by atoms with E-state index in [1.54, 1.807) is 14.0 Å². The van der Waals surface area contributed by atoms with Crippen LogP contribution in [0.2, 0.25) is 0 Å². The fraction of sp³-hybridized carbons (Fsp3) is 0.846. The number of likely N-dealkylation sites (N-methyl/N-ethyl adjacent to an activating group) is 1. The summed E-state index contributed by atoms with van der Waals surface area (Å²) in [6, 6.07) is -0.477. The molecule has 2 unspecified atom stereocenters. The number of hydrogen-bond acceptors (Lipinski definition) is 3. The fourth-order valence-electron chi connectivity index (χ4n) is 1.94. The molecule has 5 heteroatoms. The van der Waals surface area contributed by atoms with Gasteiger partial charge < -0.3 is 16.4 Å². The lowest BCUT2D eigenvalue weighted by molar-refractivity contribution is -0.128. The summed E-state index contributed by atoms with van der Waals surface area (Å²) in [5.41, 5.74) is 5.56. The smallest absolute Gasteiger partial charge is 0.242 e. The van der Waals surface area contributed by atoms with Gasteiger partial charge in [0, 0.05) is 13.5 Å². The van der Waals surface area contributed by atoms with Crippen LogP contribution in [0.4, 0.5) is 0 Å². The van der Waals surface area contributed by atoms with Crippen LogP contribution in [0.5, 0.6) is 0 Å². The van der Waals surface area contributed by atoms with Crippen LogP contribution >= 0.6 is 0 Å². The molecule has 0 aliphatic heterocycles. The van der Waals surface area contributed by atoms with Crippen molar-refractivity contribution in [2.75, 3.05) is 13.6 Å². The Labute approximate surface area is 110 Å². The molecule has 0 fully saturated rings. The number of hydrogen-bond donors (Lipinski definition) is 3. The molecule has 0 saturated carbocycles. The number of carbonyl (C=O) groups is 2. The molecule has 0 heterocycles. The zero-order valence-electron chi connectivity index (χ0n) is 12.0. The lowest BCUT2D eigenvalue weighted by Crippen LogP contribution is -2.43. The maximum absolute atomic E-state index is 11.7. The normalized spacial score (nSPS) is 14.1. The van der Waals surface area contributed by atoms with E-state index in [1.165, 1.54) is 0 Å². The summed E-state index contributed by atoms with van der Waals surface area (Å²) >= 11 is 0. The Morgan fingerprint density at radius 1 is 1.17 bits per heavy atom. The van der Waals surface area contributed by atoms with Gasteiger partial charge in [-0.15, -0.1) is 0 Å². The molecule has 0 aromatic heterocycles. The van der Waals surface area contributed by atoms with Crippen LogP contribution in [-0.4, -0.2) is 31.4 Å². The average molecular weight is 257 g/mol. The van der Waals surface area contributed by atoms with E-state index in [-0.39, 0.29) is 11.8 Å². The lowest BCUT2D eigenvalue weighted by atomic mass is 9.88. The highest BCUT2D eigenvalue weighted by Crippen LogP contribution is 2.20. The Balaban J connectivity index is 4.04. The van der Waals surface area contributed by atoms with Crippen molar-refractivity contribution in [1.82, 2.24) is 10.6 Å². The third-order valence-electron chi connectivity index (χ3n) is 3.24. The quantitative estimate of drug-likeness (QED) is 0.596. The third kappa shape index (κ3) is 6.59. The molecule has 0 bridgehead atoms. The van der Waals surface area contributed by atoms with E-state index in [1.807, 2.05) is 0 Å². The Hall–Kier alpha value is -1.10. The van der Waals surface area contributed by atoms with E-state index >= 15 is 0 Å². The van der Waals surface area contributed by atoms with Gasteiger partial charge in [0.15, 0.2) is 0 Å². The zero-order valence-corrected chi connectivity index (χ0v) is 12.0. The number of nitrogens with two attached hydrogens (primary N) is 1.